The third kappa shape index (κ3) is 4.75. The lowest BCUT2D eigenvalue weighted by Gasteiger charge is -2.55. The lowest BCUT2D eigenvalue weighted by atomic mass is 9.46. The quantitative estimate of drug-likeness (QED) is 0.191. The molecule has 2 fully saturated rings. The number of carbonyl (C=O) groups excluding carboxylic acids is 3. The van der Waals surface area contributed by atoms with E-state index < -0.39 is 40.0 Å². The molecule has 5 atom stereocenters. The average molecular weight is 519 g/mol. The van der Waals surface area contributed by atoms with E-state index in [1.165, 1.54) is 5.57 Å². The van der Waals surface area contributed by atoms with Crippen molar-refractivity contribution in [3.8, 4) is 0 Å². The van der Waals surface area contributed by atoms with Crippen LogP contribution >= 0.6 is 0 Å². The smallest absolute Gasteiger partial charge is 0.200 e. The summed E-state index contributed by atoms with van der Waals surface area (Å²) in [4.78, 5) is 43.1. The molecule has 0 unspecified atom stereocenters. The molecule has 5 nitrogen and oxygen atoms in total. The molecule has 1 saturated heterocycles. The van der Waals surface area contributed by atoms with E-state index in [0.717, 1.165) is 12.0 Å². The lowest BCUT2D eigenvalue weighted by Crippen LogP contribution is -2.60. The monoisotopic (exact) mass is 518 g/mol. The molecule has 0 aromatic heterocycles. The number of hydrogen-bond donors (Lipinski definition) is 1. The molecule has 0 radical (unpaired) electrons. The van der Waals surface area contributed by atoms with Crippen molar-refractivity contribution in [2.45, 2.75) is 92.3 Å². The molecule has 1 N–H and O–H groups in total. The normalized spacial score (nSPS) is 30.8. The van der Waals surface area contributed by atoms with Crippen LogP contribution in [0.1, 0.15) is 90.9 Å². The van der Waals surface area contributed by atoms with Crippen LogP contribution in [0.3, 0.4) is 0 Å². The van der Waals surface area contributed by atoms with E-state index in [1.54, 1.807) is 38.1 Å². The Hall–Kier alpha value is -2.79. The summed E-state index contributed by atoms with van der Waals surface area (Å²) >= 11 is 0. The maximum atomic E-state index is 14.6. The Labute approximate surface area is 227 Å². The van der Waals surface area contributed by atoms with E-state index in [4.69, 9.17) is 4.74 Å². The minimum atomic E-state index is -1.30. The second kappa shape index (κ2) is 10.1. The Morgan fingerprint density at radius 2 is 1.71 bits per heavy atom. The van der Waals surface area contributed by atoms with Crippen molar-refractivity contribution < 1.29 is 24.2 Å². The fourth-order valence-corrected chi connectivity index (χ4v) is 6.65. The molecule has 1 aromatic carbocycles. The van der Waals surface area contributed by atoms with Gasteiger partial charge < -0.3 is 9.84 Å². The average Bonchev–Trinajstić information content (AvgIpc) is 3.01. The maximum absolute atomic E-state index is 14.6. The van der Waals surface area contributed by atoms with Gasteiger partial charge in [-0.05, 0) is 85.0 Å². The molecular formula is C33H42O5. The van der Waals surface area contributed by atoms with Crippen molar-refractivity contribution in [1.82, 2.24) is 0 Å². The molecule has 2 aliphatic carbocycles. The Kier molecular flexibility index (Phi) is 7.48. The molecule has 0 spiro atoms. The van der Waals surface area contributed by atoms with Crippen LogP contribution in [0.25, 0.3) is 0 Å². The first-order valence-corrected chi connectivity index (χ1v) is 13.8. The van der Waals surface area contributed by atoms with Crippen molar-refractivity contribution in [2.24, 2.45) is 22.7 Å². The highest BCUT2D eigenvalue weighted by molar-refractivity contribution is 6.34. The lowest BCUT2D eigenvalue weighted by molar-refractivity contribution is -0.158. The molecule has 3 aliphatic rings. The van der Waals surface area contributed by atoms with Crippen LogP contribution in [0.5, 0.6) is 0 Å². The molecule has 204 valence electrons. The molecule has 1 heterocycles. The van der Waals surface area contributed by atoms with Crippen molar-refractivity contribution in [1.29, 1.82) is 0 Å². The molecule has 4 rings (SSSR count). The van der Waals surface area contributed by atoms with Gasteiger partial charge in [-0.15, -0.1) is 0 Å². The highest BCUT2D eigenvalue weighted by Gasteiger charge is 2.67. The summed E-state index contributed by atoms with van der Waals surface area (Å²) in [5.41, 5.74) is -0.432. The number of aliphatic hydroxyl groups is 1. The summed E-state index contributed by atoms with van der Waals surface area (Å²) in [6.07, 6.45) is 6.12. The molecule has 2 bridgehead atoms. The van der Waals surface area contributed by atoms with Gasteiger partial charge in [0.25, 0.3) is 0 Å². The maximum Gasteiger partial charge on any atom is 0.200 e. The summed E-state index contributed by atoms with van der Waals surface area (Å²) in [6, 6.07) is 8.75. The second-order valence-electron chi connectivity index (χ2n) is 12.9. The molecule has 1 saturated carbocycles. The number of carbonyl (C=O) groups is 3. The van der Waals surface area contributed by atoms with E-state index in [1.807, 2.05) is 26.0 Å². The number of Topliss-reactive ketones (excluding diaryl/α,β-unsaturated/α-hetero) is 3. The topological polar surface area (TPSA) is 80.7 Å². The first-order valence-electron chi connectivity index (χ1n) is 13.8. The van der Waals surface area contributed by atoms with Crippen LogP contribution in [0.15, 0.2) is 65.0 Å². The highest BCUT2D eigenvalue weighted by Crippen LogP contribution is 2.63. The molecule has 0 amide bonds. The van der Waals surface area contributed by atoms with E-state index in [0.29, 0.717) is 24.8 Å². The van der Waals surface area contributed by atoms with Gasteiger partial charge >= 0.3 is 0 Å². The van der Waals surface area contributed by atoms with Crippen LogP contribution in [0.4, 0.5) is 0 Å². The summed E-state index contributed by atoms with van der Waals surface area (Å²) in [6.45, 7) is 13.5. The van der Waals surface area contributed by atoms with Gasteiger partial charge in [0.15, 0.2) is 17.3 Å². The number of rotatable bonds is 7. The van der Waals surface area contributed by atoms with E-state index in [-0.39, 0.29) is 29.5 Å². The number of allylic oxidation sites excluding steroid dienone is 6. The highest BCUT2D eigenvalue weighted by atomic mass is 16.5. The van der Waals surface area contributed by atoms with Crippen LogP contribution in [0.2, 0.25) is 0 Å². The van der Waals surface area contributed by atoms with Crippen LogP contribution in [0, 0.1) is 22.7 Å². The minimum absolute atomic E-state index is 0.00834. The number of benzene rings is 1. The van der Waals surface area contributed by atoms with Crippen LogP contribution in [-0.4, -0.2) is 34.2 Å². The van der Waals surface area contributed by atoms with Gasteiger partial charge in [-0.1, -0.05) is 60.6 Å². The summed E-state index contributed by atoms with van der Waals surface area (Å²) in [5.74, 6) is -1.47. The van der Waals surface area contributed by atoms with Gasteiger partial charge in [0.05, 0.1) is 16.9 Å². The zero-order valence-electron chi connectivity index (χ0n) is 23.9. The number of fused-ring (bicyclic) bond motifs is 1. The molecule has 1 aliphatic heterocycles. The molecule has 38 heavy (non-hydrogen) atoms. The Bertz CT molecular complexity index is 1220. The van der Waals surface area contributed by atoms with Gasteiger partial charge in [-0.25, -0.2) is 0 Å². The van der Waals surface area contributed by atoms with Crippen molar-refractivity contribution in [2.75, 3.05) is 0 Å². The standard InChI is InChI=1S/C33H42O5/c1-20(2)13-14-23-19-33(18-15-21(3)4)29(35)25(27(34)22-11-9-8-10-12-22)28-26(30(33)36)32(23,7)17-16-24(38-28)31(5,6)37/h8-13,15,23-24,26,37H,14,16-19H2,1-7H3/t23-,24+,26-,32+,33+/m1/s1. The van der Waals surface area contributed by atoms with Crippen LogP contribution < -0.4 is 0 Å². The Morgan fingerprint density at radius 3 is 2.29 bits per heavy atom. The molecule has 1 aromatic rings. The first kappa shape index (κ1) is 28.2. The summed E-state index contributed by atoms with van der Waals surface area (Å²) in [7, 11) is 0. The Morgan fingerprint density at radius 1 is 1.08 bits per heavy atom. The van der Waals surface area contributed by atoms with Gasteiger partial charge in [0, 0.05) is 5.56 Å². The van der Waals surface area contributed by atoms with Crippen molar-refractivity contribution >= 4 is 17.3 Å². The Balaban J connectivity index is 2.02. The predicted molar refractivity (Wildman–Crippen MR) is 148 cm³/mol. The van der Waals surface area contributed by atoms with Crippen molar-refractivity contribution in [3.05, 3.63) is 70.5 Å². The third-order valence-corrected chi connectivity index (χ3v) is 9.03. The second-order valence-corrected chi connectivity index (χ2v) is 12.9. The van der Waals surface area contributed by atoms with Crippen molar-refractivity contribution in [3.63, 3.8) is 0 Å². The summed E-state index contributed by atoms with van der Waals surface area (Å²) in [5, 5.41) is 11.0. The van der Waals surface area contributed by atoms with Gasteiger partial charge in [-0.2, -0.15) is 0 Å². The fraction of sp³-hybridized carbons (Fsp3) is 0.545. The SMILES string of the molecule is CC(C)=CC[C@@H]1C[C@@]2(CC=C(C)C)C(=O)C(C(=O)c3ccccc3)=C3O[C@H](C(C)(C)O)CC[C@]1(C)[C@H]3C2=O. The largest absolute Gasteiger partial charge is 0.490 e. The number of ether oxygens (including phenoxy) is 1. The predicted octanol–water partition coefficient (Wildman–Crippen LogP) is 6.57. The summed E-state index contributed by atoms with van der Waals surface area (Å²) < 4.78 is 6.47. The zero-order chi connectivity index (χ0) is 28.0. The van der Waals surface area contributed by atoms with E-state index in [2.05, 4.69) is 26.8 Å². The van der Waals surface area contributed by atoms with Crippen LogP contribution in [-0.2, 0) is 14.3 Å². The first-order chi connectivity index (χ1) is 17.7. The number of ketones is 3. The fourth-order valence-electron chi connectivity index (χ4n) is 6.65. The van der Waals surface area contributed by atoms with Gasteiger partial charge in [-0.3, -0.25) is 14.4 Å². The van der Waals surface area contributed by atoms with Gasteiger partial charge in [0.2, 0.25) is 0 Å². The molecular weight excluding hydrogens is 476 g/mol. The van der Waals surface area contributed by atoms with Gasteiger partial charge in [0.1, 0.15) is 17.4 Å². The third-order valence-electron chi connectivity index (χ3n) is 9.03. The molecule has 5 heteroatoms. The zero-order valence-corrected chi connectivity index (χ0v) is 23.9. The van der Waals surface area contributed by atoms with E-state index in [9.17, 15) is 19.5 Å². The van der Waals surface area contributed by atoms with E-state index >= 15 is 0 Å². The minimum Gasteiger partial charge on any atom is -0.490 e. The number of hydrogen-bond acceptors (Lipinski definition) is 5.